The van der Waals surface area contributed by atoms with Gasteiger partial charge < -0.3 is 10.6 Å². The first-order valence-electron chi connectivity index (χ1n) is 5.40. The second kappa shape index (κ2) is 5.77. The van der Waals surface area contributed by atoms with Crippen LogP contribution in [0.1, 0.15) is 10.4 Å². The van der Waals surface area contributed by atoms with E-state index in [-0.39, 0.29) is 5.82 Å². The quantitative estimate of drug-likeness (QED) is 0.936. The summed E-state index contributed by atoms with van der Waals surface area (Å²) < 4.78 is 14.5. The lowest BCUT2D eigenvalue weighted by molar-refractivity contribution is 0.607. The number of hydrogen-bond donors (Lipinski definition) is 1. The summed E-state index contributed by atoms with van der Waals surface area (Å²) in [5.41, 5.74) is 6.18. The van der Waals surface area contributed by atoms with Crippen LogP contribution >= 0.6 is 27.3 Å². The number of thiazole rings is 1. The summed E-state index contributed by atoms with van der Waals surface area (Å²) in [6.45, 7) is 0.958. The monoisotopic (exact) mass is 329 g/mol. The van der Waals surface area contributed by atoms with Crippen molar-refractivity contribution >= 4 is 32.4 Å². The molecule has 0 radical (unpaired) electrons. The molecule has 0 amide bonds. The molecular weight excluding hydrogens is 317 g/mol. The molecule has 2 rings (SSSR count). The second-order valence-electron chi connectivity index (χ2n) is 3.91. The lowest BCUT2D eigenvalue weighted by Crippen LogP contribution is -2.16. The fourth-order valence-corrected chi connectivity index (χ4v) is 2.71. The summed E-state index contributed by atoms with van der Waals surface area (Å²) in [6.07, 6.45) is 1.76. The summed E-state index contributed by atoms with van der Waals surface area (Å²) in [4.78, 5) is 7.20. The highest BCUT2D eigenvalue weighted by Crippen LogP contribution is 2.24. The van der Waals surface area contributed by atoms with Gasteiger partial charge >= 0.3 is 0 Å². The van der Waals surface area contributed by atoms with E-state index in [0.717, 1.165) is 14.5 Å². The molecule has 0 saturated carbocycles. The zero-order valence-electron chi connectivity index (χ0n) is 9.86. The van der Waals surface area contributed by atoms with Gasteiger partial charge in [0, 0.05) is 41.2 Å². The first kappa shape index (κ1) is 13.5. The highest BCUT2D eigenvalue weighted by Gasteiger charge is 2.10. The van der Waals surface area contributed by atoms with Crippen molar-refractivity contribution < 1.29 is 4.39 Å². The Labute approximate surface area is 118 Å². The molecule has 1 aromatic heterocycles. The van der Waals surface area contributed by atoms with Crippen LogP contribution in [0.4, 0.5) is 9.52 Å². The van der Waals surface area contributed by atoms with Crippen LogP contribution in [0.3, 0.4) is 0 Å². The Bertz CT molecular complexity index is 544. The molecule has 18 heavy (non-hydrogen) atoms. The average Bonchev–Trinajstić information content (AvgIpc) is 2.82. The summed E-state index contributed by atoms with van der Waals surface area (Å²) in [5.74, 6) is -0.208. The number of nitrogens with zero attached hydrogens (tertiary/aromatic N) is 2. The van der Waals surface area contributed by atoms with E-state index in [1.807, 2.05) is 11.9 Å². The average molecular weight is 330 g/mol. The third kappa shape index (κ3) is 3.07. The molecule has 0 spiro atoms. The summed E-state index contributed by atoms with van der Waals surface area (Å²) >= 11 is 4.87. The van der Waals surface area contributed by atoms with E-state index in [4.69, 9.17) is 5.73 Å². The van der Waals surface area contributed by atoms with Crippen molar-refractivity contribution in [3.05, 3.63) is 45.1 Å². The third-order valence-corrected chi connectivity index (χ3v) is 4.11. The lowest BCUT2D eigenvalue weighted by atomic mass is 10.2. The molecule has 2 N–H and O–H groups in total. The van der Waals surface area contributed by atoms with Gasteiger partial charge in [-0.3, -0.25) is 0 Å². The molecule has 1 heterocycles. The van der Waals surface area contributed by atoms with E-state index >= 15 is 0 Å². The number of benzene rings is 1. The zero-order chi connectivity index (χ0) is 13.1. The Kier molecular flexibility index (Phi) is 4.31. The van der Waals surface area contributed by atoms with Crippen LogP contribution in [0.25, 0.3) is 0 Å². The van der Waals surface area contributed by atoms with E-state index in [0.29, 0.717) is 18.7 Å². The van der Waals surface area contributed by atoms with E-state index in [9.17, 15) is 4.39 Å². The van der Waals surface area contributed by atoms with Gasteiger partial charge in [0.1, 0.15) is 5.82 Å². The molecule has 2 aromatic rings. The molecule has 0 aliphatic heterocycles. The smallest absolute Gasteiger partial charge is 0.185 e. The van der Waals surface area contributed by atoms with Gasteiger partial charge in [0.05, 0.1) is 0 Å². The number of nitrogens with two attached hydrogens (primary N) is 1. The molecule has 0 saturated heterocycles. The molecule has 0 fully saturated rings. The Hall–Kier alpha value is -0.980. The van der Waals surface area contributed by atoms with Crippen molar-refractivity contribution in [2.45, 2.75) is 13.1 Å². The molecule has 0 atom stereocenters. The summed E-state index contributed by atoms with van der Waals surface area (Å²) in [7, 11) is 1.89. The van der Waals surface area contributed by atoms with Crippen LogP contribution in [0.15, 0.2) is 28.9 Å². The first-order valence-corrected chi connectivity index (χ1v) is 7.01. The minimum absolute atomic E-state index is 0.208. The third-order valence-electron chi connectivity index (χ3n) is 2.48. The normalized spacial score (nSPS) is 10.7. The molecular formula is C12H13BrFN3S. The topological polar surface area (TPSA) is 42.2 Å². The Morgan fingerprint density at radius 1 is 1.50 bits per heavy atom. The standard InChI is InChI=1S/C12H13BrFN3S/c1-17(12-16-6-10(5-15)18-12)7-8-4-9(13)2-3-11(8)14/h2-4,6H,5,7,15H2,1H3. The van der Waals surface area contributed by atoms with E-state index in [1.165, 1.54) is 17.4 Å². The van der Waals surface area contributed by atoms with Gasteiger partial charge in [-0.25, -0.2) is 9.37 Å². The van der Waals surface area contributed by atoms with Crippen LogP contribution < -0.4 is 10.6 Å². The largest absolute Gasteiger partial charge is 0.347 e. The maximum absolute atomic E-state index is 13.6. The molecule has 0 bridgehead atoms. The molecule has 0 unspecified atom stereocenters. The predicted octanol–water partition coefficient (Wildman–Crippen LogP) is 3.14. The van der Waals surface area contributed by atoms with E-state index in [1.54, 1.807) is 18.3 Å². The SMILES string of the molecule is CN(Cc1cc(Br)ccc1F)c1ncc(CN)s1. The molecule has 6 heteroatoms. The minimum Gasteiger partial charge on any atom is -0.347 e. The molecule has 3 nitrogen and oxygen atoms in total. The van der Waals surface area contributed by atoms with Crippen molar-refractivity contribution in [3.8, 4) is 0 Å². The van der Waals surface area contributed by atoms with Gasteiger partial charge in [-0.1, -0.05) is 15.9 Å². The predicted molar refractivity (Wildman–Crippen MR) is 76.2 cm³/mol. The van der Waals surface area contributed by atoms with Crippen LogP contribution in [0, 0.1) is 5.82 Å². The summed E-state index contributed by atoms with van der Waals surface area (Å²) in [5, 5.41) is 0.842. The summed E-state index contributed by atoms with van der Waals surface area (Å²) in [6, 6.07) is 4.93. The lowest BCUT2D eigenvalue weighted by Gasteiger charge is -2.16. The van der Waals surface area contributed by atoms with Gasteiger partial charge in [0.25, 0.3) is 0 Å². The maximum atomic E-state index is 13.6. The Morgan fingerprint density at radius 2 is 2.28 bits per heavy atom. The van der Waals surface area contributed by atoms with Gasteiger partial charge in [-0.05, 0) is 18.2 Å². The van der Waals surface area contributed by atoms with Gasteiger partial charge in [-0.2, -0.15) is 0 Å². The molecule has 1 aromatic carbocycles. The number of hydrogen-bond acceptors (Lipinski definition) is 4. The van der Waals surface area contributed by atoms with E-state index < -0.39 is 0 Å². The highest BCUT2D eigenvalue weighted by molar-refractivity contribution is 9.10. The fraction of sp³-hybridized carbons (Fsp3) is 0.250. The second-order valence-corrected chi connectivity index (χ2v) is 5.91. The zero-order valence-corrected chi connectivity index (χ0v) is 12.3. The number of aromatic nitrogens is 1. The maximum Gasteiger partial charge on any atom is 0.185 e. The van der Waals surface area contributed by atoms with Crippen molar-refractivity contribution in [1.29, 1.82) is 0 Å². The number of halogens is 2. The van der Waals surface area contributed by atoms with Gasteiger partial charge in [0.15, 0.2) is 5.13 Å². The Balaban J connectivity index is 2.15. The molecule has 0 aliphatic rings. The van der Waals surface area contributed by atoms with Crippen LogP contribution in [-0.2, 0) is 13.1 Å². The first-order chi connectivity index (χ1) is 8.60. The van der Waals surface area contributed by atoms with Gasteiger partial charge in [0.2, 0.25) is 0 Å². The van der Waals surface area contributed by atoms with Crippen LogP contribution in [0.2, 0.25) is 0 Å². The minimum atomic E-state index is -0.208. The van der Waals surface area contributed by atoms with Crippen LogP contribution in [-0.4, -0.2) is 12.0 Å². The van der Waals surface area contributed by atoms with Crippen molar-refractivity contribution in [2.24, 2.45) is 5.73 Å². The molecule has 96 valence electrons. The van der Waals surface area contributed by atoms with Crippen molar-refractivity contribution in [3.63, 3.8) is 0 Å². The van der Waals surface area contributed by atoms with Crippen molar-refractivity contribution in [1.82, 2.24) is 4.98 Å². The Morgan fingerprint density at radius 3 is 2.94 bits per heavy atom. The fourth-order valence-electron chi connectivity index (χ4n) is 1.56. The van der Waals surface area contributed by atoms with Gasteiger partial charge in [-0.15, -0.1) is 11.3 Å². The highest BCUT2D eigenvalue weighted by atomic mass is 79.9. The van der Waals surface area contributed by atoms with Crippen molar-refractivity contribution in [2.75, 3.05) is 11.9 Å². The van der Waals surface area contributed by atoms with E-state index in [2.05, 4.69) is 20.9 Å². The molecule has 0 aliphatic carbocycles. The number of rotatable bonds is 4. The number of anilines is 1. The van der Waals surface area contributed by atoms with Crippen LogP contribution in [0.5, 0.6) is 0 Å².